The number of ether oxygens (including phenoxy) is 1. The number of benzene rings is 1. The lowest BCUT2D eigenvalue weighted by atomic mass is 9.88. The van der Waals surface area contributed by atoms with E-state index in [0.29, 0.717) is 5.02 Å². The summed E-state index contributed by atoms with van der Waals surface area (Å²) in [4.78, 5) is 0. The molecule has 16 heavy (non-hydrogen) atoms. The van der Waals surface area contributed by atoms with Crippen LogP contribution in [0.1, 0.15) is 30.9 Å². The average Bonchev–Trinajstić information content (AvgIpc) is 2.97. The molecule has 1 aliphatic carbocycles. The number of aryl methyl sites for hydroxylation is 1. The maximum Gasteiger partial charge on any atom is 0.140 e. The van der Waals surface area contributed by atoms with Crippen LogP contribution in [-0.2, 0) is 5.41 Å². The Bertz CT molecular complexity index is 387. The van der Waals surface area contributed by atoms with E-state index in [1.165, 1.54) is 5.56 Å². The molecule has 2 rings (SSSR count). The lowest BCUT2D eigenvalue weighted by Gasteiger charge is -2.22. The van der Waals surface area contributed by atoms with Gasteiger partial charge < -0.3 is 10.5 Å². The topological polar surface area (TPSA) is 35.2 Å². The van der Waals surface area contributed by atoms with Gasteiger partial charge in [0.25, 0.3) is 0 Å². The van der Waals surface area contributed by atoms with Crippen molar-refractivity contribution in [2.24, 2.45) is 5.73 Å². The lowest BCUT2D eigenvalue weighted by Crippen LogP contribution is -2.31. The fourth-order valence-electron chi connectivity index (χ4n) is 2.42. The molecular weight excluding hydrogens is 222 g/mol. The Morgan fingerprint density at radius 3 is 2.44 bits per heavy atom. The van der Waals surface area contributed by atoms with Crippen molar-refractivity contribution in [2.45, 2.75) is 38.1 Å². The molecule has 1 aromatic rings. The minimum atomic E-state index is 0.153. The van der Waals surface area contributed by atoms with Crippen molar-refractivity contribution < 1.29 is 4.74 Å². The van der Waals surface area contributed by atoms with Crippen LogP contribution in [0.4, 0.5) is 0 Å². The molecule has 0 bridgehead atoms. The molecule has 0 amide bonds. The van der Waals surface area contributed by atoms with E-state index >= 15 is 0 Å². The van der Waals surface area contributed by atoms with Gasteiger partial charge >= 0.3 is 0 Å². The summed E-state index contributed by atoms with van der Waals surface area (Å²) in [6.45, 7) is 4.09. The van der Waals surface area contributed by atoms with Crippen molar-refractivity contribution in [1.82, 2.24) is 0 Å². The van der Waals surface area contributed by atoms with Gasteiger partial charge in [-0.05, 0) is 43.9 Å². The summed E-state index contributed by atoms with van der Waals surface area (Å²) in [5.41, 5.74) is 8.55. The number of halogens is 1. The van der Waals surface area contributed by atoms with Crippen LogP contribution in [0.25, 0.3) is 0 Å². The number of hydrogen-bond donors (Lipinski definition) is 1. The standard InChI is InChI=1S/C13H18ClNO/c1-8-6-10(7-11(14)12(8)16-3)13(4-5-13)9(2)15/h6-7,9H,4-5,15H2,1-3H3. The summed E-state index contributed by atoms with van der Waals surface area (Å²) in [7, 11) is 1.65. The van der Waals surface area contributed by atoms with E-state index < -0.39 is 0 Å². The molecule has 0 radical (unpaired) electrons. The predicted molar refractivity (Wildman–Crippen MR) is 67.3 cm³/mol. The molecule has 0 spiro atoms. The summed E-state index contributed by atoms with van der Waals surface area (Å²) in [6, 6.07) is 4.33. The van der Waals surface area contributed by atoms with Crippen LogP contribution in [0, 0.1) is 6.92 Å². The maximum absolute atomic E-state index is 6.21. The average molecular weight is 240 g/mol. The zero-order valence-electron chi connectivity index (χ0n) is 10.0. The van der Waals surface area contributed by atoms with Gasteiger partial charge in [0.2, 0.25) is 0 Å². The third kappa shape index (κ3) is 1.70. The minimum Gasteiger partial charge on any atom is -0.495 e. The Labute approximate surface area is 102 Å². The van der Waals surface area contributed by atoms with Crippen LogP contribution in [0.15, 0.2) is 12.1 Å². The van der Waals surface area contributed by atoms with Gasteiger partial charge in [-0.25, -0.2) is 0 Å². The molecule has 1 unspecified atom stereocenters. The number of methoxy groups -OCH3 is 1. The highest BCUT2D eigenvalue weighted by Gasteiger charge is 2.47. The molecule has 1 fully saturated rings. The molecule has 1 saturated carbocycles. The molecule has 1 atom stereocenters. The van der Waals surface area contributed by atoms with Gasteiger partial charge in [-0.1, -0.05) is 17.7 Å². The van der Waals surface area contributed by atoms with Gasteiger partial charge in [0, 0.05) is 11.5 Å². The second-order valence-electron chi connectivity index (χ2n) is 4.75. The molecule has 2 nitrogen and oxygen atoms in total. The van der Waals surface area contributed by atoms with Gasteiger partial charge in [0.05, 0.1) is 12.1 Å². The zero-order chi connectivity index (χ0) is 11.9. The molecule has 0 aliphatic heterocycles. The van der Waals surface area contributed by atoms with Crippen molar-refractivity contribution in [3.05, 3.63) is 28.3 Å². The van der Waals surface area contributed by atoms with Crippen molar-refractivity contribution >= 4 is 11.6 Å². The summed E-state index contributed by atoms with van der Waals surface area (Å²) in [6.07, 6.45) is 2.32. The van der Waals surface area contributed by atoms with Crippen molar-refractivity contribution in [3.63, 3.8) is 0 Å². The minimum absolute atomic E-state index is 0.153. The first-order valence-corrected chi connectivity index (χ1v) is 5.99. The molecule has 88 valence electrons. The highest BCUT2D eigenvalue weighted by molar-refractivity contribution is 6.32. The third-order valence-electron chi connectivity index (χ3n) is 3.67. The monoisotopic (exact) mass is 239 g/mol. The van der Waals surface area contributed by atoms with Crippen molar-refractivity contribution in [3.8, 4) is 5.75 Å². The van der Waals surface area contributed by atoms with Gasteiger partial charge in [-0.15, -0.1) is 0 Å². The predicted octanol–water partition coefficient (Wildman–Crippen LogP) is 3.04. The molecule has 0 heterocycles. The fourth-order valence-corrected chi connectivity index (χ4v) is 2.76. The molecule has 1 aliphatic rings. The van der Waals surface area contributed by atoms with Crippen molar-refractivity contribution in [2.75, 3.05) is 7.11 Å². The Kier molecular flexibility index (Phi) is 2.89. The van der Waals surface area contributed by atoms with Crippen LogP contribution in [0.2, 0.25) is 5.02 Å². The highest BCUT2D eigenvalue weighted by atomic mass is 35.5. The fraction of sp³-hybridized carbons (Fsp3) is 0.538. The molecule has 0 aromatic heterocycles. The SMILES string of the molecule is COc1c(C)cc(C2(C(C)N)CC2)cc1Cl. The second-order valence-corrected chi connectivity index (χ2v) is 5.16. The zero-order valence-corrected chi connectivity index (χ0v) is 10.8. The van der Waals surface area contributed by atoms with Crippen molar-refractivity contribution in [1.29, 1.82) is 0 Å². The van der Waals surface area contributed by atoms with Gasteiger partial charge in [0.15, 0.2) is 0 Å². The van der Waals surface area contributed by atoms with Crippen LogP contribution in [0.5, 0.6) is 5.75 Å². The van der Waals surface area contributed by atoms with Crippen LogP contribution >= 0.6 is 11.6 Å². The van der Waals surface area contributed by atoms with Crippen LogP contribution in [0.3, 0.4) is 0 Å². The Morgan fingerprint density at radius 1 is 1.44 bits per heavy atom. The van der Waals surface area contributed by atoms with Gasteiger partial charge in [-0.3, -0.25) is 0 Å². The summed E-state index contributed by atoms with van der Waals surface area (Å²) in [5, 5.41) is 0.685. The third-order valence-corrected chi connectivity index (χ3v) is 3.95. The highest BCUT2D eigenvalue weighted by Crippen LogP contribution is 2.51. The lowest BCUT2D eigenvalue weighted by molar-refractivity contribution is 0.411. The van der Waals surface area contributed by atoms with E-state index in [1.807, 2.05) is 13.0 Å². The quantitative estimate of drug-likeness (QED) is 0.880. The van der Waals surface area contributed by atoms with Crippen LogP contribution in [-0.4, -0.2) is 13.2 Å². The molecular formula is C13H18ClNO. The first-order valence-electron chi connectivity index (χ1n) is 5.61. The second kappa shape index (κ2) is 3.94. The molecule has 0 saturated heterocycles. The summed E-state index contributed by atoms with van der Waals surface area (Å²) >= 11 is 6.21. The van der Waals surface area contributed by atoms with Crippen LogP contribution < -0.4 is 10.5 Å². The Morgan fingerprint density at radius 2 is 2.06 bits per heavy atom. The van der Waals surface area contributed by atoms with E-state index in [4.69, 9.17) is 22.1 Å². The maximum atomic E-state index is 6.21. The van der Waals surface area contributed by atoms with E-state index in [2.05, 4.69) is 13.0 Å². The first kappa shape index (κ1) is 11.7. The van der Waals surface area contributed by atoms with E-state index in [0.717, 1.165) is 24.2 Å². The summed E-state index contributed by atoms with van der Waals surface area (Å²) < 4.78 is 5.26. The number of rotatable bonds is 3. The number of nitrogens with two attached hydrogens (primary N) is 1. The normalized spacial score (nSPS) is 19.3. The van der Waals surface area contributed by atoms with E-state index in [-0.39, 0.29) is 11.5 Å². The number of hydrogen-bond acceptors (Lipinski definition) is 2. The first-order chi connectivity index (χ1) is 7.51. The smallest absolute Gasteiger partial charge is 0.140 e. The largest absolute Gasteiger partial charge is 0.495 e. The molecule has 3 heteroatoms. The summed E-state index contributed by atoms with van der Waals surface area (Å²) in [5.74, 6) is 0.769. The Hall–Kier alpha value is -0.730. The molecule has 2 N–H and O–H groups in total. The van der Waals surface area contributed by atoms with Gasteiger partial charge in [0.1, 0.15) is 5.75 Å². The van der Waals surface area contributed by atoms with E-state index in [1.54, 1.807) is 7.11 Å². The molecule has 1 aromatic carbocycles. The Balaban J connectivity index is 2.45. The van der Waals surface area contributed by atoms with Gasteiger partial charge in [-0.2, -0.15) is 0 Å². The van der Waals surface area contributed by atoms with E-state index in [9.17, 15) is 0 Å².